The van der Waals surface area contributed by atoms with Gasteiger partial charge in [-0.05, 0) is 33.3 Å². The maximum absolute atomic E-state index is 4.65. The van der Waals surface area contributed by atoms with Crippen molar-refractivity contribution in [3.05, 3.63) is 18.0 Å². The summed E-state index contributed by atoms with van der Waals surface area (Å²) in [5.41, 5.74) is 1.17. The van der Waals surface area contributed by atoms with Crippen LogP contribution in [0.3, 0.4) is 0 Å². The normalized spacial score (nSPS) is 13.6. The summed E-state index contributed by atoms with van der Waals surface area (Å²) in [6.45, 7) is 10.9. The zero-order chi connectivity index (χ0) is 12.8. The molecule has 1 heterocycles. The first-order chi connectivity index (χ1) is 8.08. The van der Waals surface area contributed by atoms with E-state index in [4.69, 9.17) is 0 Å². The monoisotopic (exact) mass is 301 g/mol. The summed E-state index contributed by atoms with van der Waals surface area (Å²) in [5.74, 6) is 0. The lowest BCUT2D eigenvalue weighted by atomic mass is 10.3. The second kappa shape index (κ2) is 7.17. The Morgan fingerprint density at radius 1 is 1.41 bits per heavy atom. The van der Waals surface area contributed by atoms with Gasteiger partial charge < -0.3 is 0 Å². The largest absolute Gasteiger partial charge is 0.294 e. The van der Waals surface area contributed by atoms with Gasteiger partial charge in [-0.3, -0.25) is 9.58 Å². The van der Waals surface area contributed by atoms with Crippen molar-refractivity contribution in [3.8, 4) is 0 Å². The van der Waals surface area contributed by atoms with Crippen molar-refractivity contribution >= 4 is 15.9 Å². The quantitative estimate of drug-likeness (QED) is 0.719. The van der Waals surface area contributed by atoms with Crippen LogP contribution in [-0.4, -0.2) is 32.6 Å². The Morgan fingerprint density at radius 3 is 2.65 bits per heavy atom. The minimum atomic E-state index is 0.493. The molecule has 0 saturated carbocycles. The average Bonchev–Trinajstić information content (AvgIpc) is 2.76. The Hall–Kier alpha value is -0.350. The molecule has 98 valence electrons. The van der Waals surface area contributed by atoms with Crippen LogP contribution in [0.1, 0.15) is 45.9 Å². The van der Waals surface area contributed by atoms with Gasteiger partial charge in [0.15, 0.2) is 0 Å². The Kier molecular flexibility index (Phi) is 6.20. The van der Waals surface area contributed by atoms with E-state index in [0.717, 1.165) is 24.8 Å². The molecular formula is C13H24BrN3. The maximum atomic E-state index is 4.65. The fourth-order valence-electron chi connectivity index (χ4n) is 1.73. The van der Waals surface area contributed by atoms with Crippen molar-refractivity contribution in [2.24, 2.45) is 0 Å². The first kappa shape index (κ1) is 14.7. The van der Waals surface area contributed by atoms with Gasteiger partial charge in [-0.25, -0.2) is 0 Å². The maximum Gasteiger partial charge on any atom is 0.0765 e. The van der Waals surface area contributed by atoms with Crippen LogP contribution in [0.15, 0.2) is 12.3 Å². The molecule has 1 unspecified atom stereocenters. The summed E-state index contributed by atoms with van der Waals surface area (Å²) in [7, 11) is 0. The molecule has 1 aromatic rings. The molecule has 17 heavy (non-hydrogen) atoms. The molecule has 0 aliphatic heterocycles. The first-order valence-electron chi connectivity index (χ1n) is 6.42. The summed E-state index contributed by atoms with van der Waals surface area (Å²) in [5, 5.41) is 5.66. The van der Waals surface area contributed by atoms with Crippen molar-refractivity contribution in [1.29, 1.82) is 0 Å². The zero-order valence-corrected chi connectivity index (χ0v) is 12.9. The molecule has 4 heteroatoms. The van der Waals surface area contributed by atoms with Gasteiger partial charge in [0.2, 0.25) is 0 Å². The molecule has 0 aliphatic carbocycles. The highest BCUT2D eigenvalue weighted by Crippen LogP contribution is 2.11. The van der Waals surface area contributed by atoms with E-state index >= 15 is 0 Å². The van der Waals surface area contributed by atoms with Gasteiger partial charge in [-0.1, -0.05) is 22.9 Å². The standard InChI is InChI=1S/C13H24BrN3/c1-5-12(4)17-8-6-13(15-17)10-16(9-7-14)11(2)3/h6,8,11-12H,5,7,9-10H2,1-4H3. The molecule has 1 aromatic heterocycles. The molecule has 0 aliphatic rings. The fraction of sp³-hybridized carbons (Fsp3) is 0.769. The zero-order valence-electron chi connectivity index (χ0n) is 11.4. The van der Waals surface area contributed by atoms with Gasteiger partial charge in [0, 0.05) is 36.7 Å². The smallest absolute Gasteiger partial charge is 0.0765 e. The van der Waals surface area contributed by atoms with E-state index in [9.17, 15) is 0 Å². The molecule has 3 nitrogen and oxygen atoms in total. The van der Waals surface area contributed by atoms with Crippen molar-refractivity contribution in [1.82, 2.24) is 14.7 Å². The van der Waals surface area contributed by atoms with Gasteiger partial charge in [0.05, 0.1) is 5.69 Å². The molecule has 0 aromatic carbocycles. The molecular weight excluding hydrogens is 278 g/mol. The summed E-state index contributed by atoms with van der Waals surface area (Å²) in [4.78, 5) is 2.43. The summed E-state index contributed by atoms with van der Waals surface area (Å²) in [6.07, 6.45) is 3.21. The predicted octanol–water partition coefficient (Wildman–Crippen LogP) is 3.46. The molecule has 0 saturated heterocycles. The second-order valence-corrected chi connectivity index (χ2v) is 5.59. The number of nitrogens with zero attached hydrogens (tertiary/aromatic N) is 3. The molecule has 0 radical (unpaired) electrons. The third-order valence-electron chi connectivity index (χ3n) is 3.17. The van der Waals surface area contributed by atoms with Gasteiger partial charge in [0.1, 0.15) is 0 Å². The highest BCUT2D eigenvalue weighted by Gasteiger charge is 2.12. The fourth-order valence-corrected chi connectivity index (χ4v) is 2.19. The van der Waals surface area contributed by atoms with E-state index in [1.54, 1.807) is 0 Å². The average molecular weight is 302 g/mol. The van der Waals surface area contributed by atoms with Gasteiger partial charge in [-0.15, -0.1) is 0 Å². The van der Waals surface area contributed by atoms with E-state index in [2.05, 4.69) is 70.6 Å². The third kappa shape index (κ3) is 4.43. The molecule has 0 spiro atoms. The number of halogens is 1. The topological polar surface area (TPSA) is 21.1 Å². The lowest BCUT2D eigenvalue weighted by Gasteiger charge is -2.24. The van der Waals surface area contributed by atoms with E-state index in [-0.39, 0.29) is 0 Å². The highest BCUT2D eigenvalue weighted by molar-refractivity contribution is 9.09. The summed E-state index contributed by atoms with van der Waals surface area (Å²) in [6, 6.07) is 3.18. The minimum absolute atomic E-state index is 0.493. The highest BCUT2D eigenvalue weighted by atomic mass is 79.9. The van der Waals surface area contributed by atoms with Crippen molar-refractivity contribution in [2.45, 2.75) is 52.7 Å². The number of alkyl halides is 1. The van der Waals surface area contributed by atoms with Crippen LogP contribution in [0, 0.1) is 0 Å². The molecule has 0 fully saturated rings. The number of rotatable bonds is 7. The summed E-state index contributed by atoms with van der Waals surface area (Å²) >= 11 is 3.50. The number of hydrogen-bond donors (Lipinski definition) is 0. The molecule has 1 rings (SSSR count). The van der Waals surface area contributed by atoms with E-state index in [1.807, 2.05) is 0 Å². The lowest BCUT2D eigenvalue weighted by Crippen LogP contribution is -2.32. The van der Waals surface area contributed by atoms with Crippen LogP contribution < -0.4 is 0 Å². The third-order valence-corrected chi connectivity index (χ3v) is 3.53. The van der Waals surface area contributed by atoms with Crippen molar-refractivity contribution in [3.63, 3.8) is 0 Å². The van der Waals surface area contributed by atoms with Crippen LogP contribution in [0.2, 0.25) is 0 Å². The Morgan fingerprint density at radius 2 is 2.12 bits per heavy atom. The van der Waals surface area contributed by atoms with E-state index in [1.165, 1.54) is 5.69 Å². The lowest BCUT2D eigenvalue weighted by molar-refractivity contribution is 0.223. The van der Waals surface area contributed by atoms with E-state index < -0.39 is 0 Å². The molecule has 0 amide bonds. The second-order valence-electron chi connectivity index (χ2n) is 4.80. The Bertz CT molecular complexity index is 322. The Labute approximate surface area is 113 Å². The number of hydrogen-bond acceptors (Lipinski definition) is 2. The van der Waals surface area contributed by atoms with Gasteiger partial charge in [0.25, 0.3) is 0 Å². The van der Waals surface area contributed by atoms with Crippen LogP contribution in [-0.2, 0) is 6.54 Å². The number of aromatic nitrogens is 2. The van der Waals surface area contributed by atoms with Crippen molar-refractivity contribution < 1.29 is 0 Å². The minimum Gasteiger partial charge on any atom is -0.294 e. The van der Waals surface area contributed by atoms with Crippen LogP contribution in [0.4, 0.5) is 0 Å². The van der Waals surface area contributed by atoms with E-state index in [0.29, 0.717) is 12.1 Å². The first-order valence-corrected chi connectivity index (χ1v) is 7.54. The molecule has 0 N–H and O–H groups in total. The molecule has 1 atom stereocenters. The van der Waals surface area contributed by atoms with Crippen LogP contribution in [0.5, 0.6) is 0 Å². The predicted molar refractivity (Wildman–Crippen MR) is 76.6 cm³/mol. The van der Waals surface area contributed by atoms with Gasteiger partial charge >= 0.3 is 0 Å². The van der Waals surface area contributed by atoms with Crippen molar-refractivity contribution in [2.75, 3.05) is 11.9 Å². The Balaban J connectivity index is 2.63. The molecule has 0 bridgehead atoms. The SMILES string of the molecule is CCC(C)n1ccc(CN(CCBr)C(C)C)n1. The van der Waals surface area contributed by atoms with Crippen LogP contribution in [0.25, 0.3) is 0 Å². The summed E-state index contributed by atoms with van der Waals surface area (Å²) < 4.78 is 2.07. The van der Waals surface area contributed by atoms with Gasteiger partial charge in [-0.2, -0.15) is 5.10 Å². The van der Waals surface area contributed by atoms with Crippen LogP contribution >= 0.6 is 15.9 Å².